The number of nitrogens with two attached hydrogens (primary N) is 1. The third-order valence-corrected chi connectivity index (χ3v) is 7.51. The van der Waals surface area contributed by atoms with Gasteiger partial charge in [0.15, 0.2) is 11.4 Å². The zero-order valence-electron chi connectivity index (χ0n) is 21.1. The van der Waals surface area contributed by atoms with Crippen LogP contribution in [0.4, 0.5) is 15.2 Å². The van der Waals surface area contributed by atoms with Crippen LogP contribution in [-0.4, -0.2) is 52.9 Å². The second kappa shape index (κ2) is 13.9. The van der Waals surface area contributed by atoms with E-state index in [4.69, 9.17) is 20.4 Å². The Bertz CT molecular complexity index is 1460. The number of allylic oxidation sites excluding steroid dienone is 2. The summed E-state index contributed by atoms with van der Waals surface area (Å²) < 4.78 is 24.4. The Hall–Kier alpha value is -3.95. The maximum absolute atomic E-state index is 13.2. The number of nitrogens with one attached hydrogen (secondary N) is 1. The molecule has 1 aliphatic heterocycles. The number of hydrogen-bond donors (Lipinski definition) is 4. The summed E-state index contributed by atoms with van der Waals surface area (Å²) in [6, 6.07) is 17.0. The Morgan fingerprint density at radius 1 is 1.07 bits per heavy atom. The van der Waals surface area contributed by atoms with Gasteiger partial charge in [-0.1, -0.05) is 23.9 Å². The molecule has 0 saturated heterocycles. The average Bonchev–Trinajstić information content (AvgIpc) is 3.42. The van der Waals surface area contributed by atoms with Crippen molar-refractivity contribution < 1.29 is 24.1 Å². The van der Waals surface area contributed by atoms with E-state index in [1.807, 2.05) is 5.38 Å². The lowest BCUT2D eigenvalue weighted by Gasteiger charge is -2.35. The molecule has 1 unspecified atom stereocenters. The van der Waals surface area contributed by atoms with E-state index in [2.05, 4.69) is 22.4 Å². The summed E-state index contributed by atoms with van der Waals surface area (Å²) >= 11 is 2.64. The van der Waals surface area contributed by atoms with Gasteiger partial charge in [0, 0.05) is 22.4 Å². The number of aliphatic hydroxyl groups excluding tert-OH is 2. The molecule has 2 aromatic carbocycles. The first-order valence-corrected chi connectivity index (χ1v) is 13.8. The van der Waals surface area contributed by atoms with Crippen molar-refractivity contribution >= 4 is 39.5 Å². The molecule has 206 valence electrons. The van der Waals surface area contributed by atoms with Gasteiger partial charge >= 0.3 is 0 Å². The molecule has 0 fully saturated rings. The number of hydrazine groups is 1. The van der Waals surface area contributed by atoms with Gasteiger partial charge in [-0.15, -0.1) is 11.3 Å². The molecule has 0 radical (unpaired) electrons. The van der Waals surface area contributed by atoms with E-state index in [9.17, 15) is 20.0 Å². The normalized spacial score (nSPS) is 15.2. The predicted octanol–water partition coefficient (Wildman–Crippen LogP) is 3.87. The van der Waals surface area contributed by atoms with Gasteiger partial charge in [0.2, 0.25) is 0 Å². The average molecular weight is 581 g/mol. The Kier molecular flexibility index (Phi) is 10.1. The number of halogens is 1. The third kappa shape index (κ3) is 6.78. The summed E-state index contributed by atoms with van der Waals surface area (Å²) in [5, 5.41) is 45.8. The molecule has 5 N–H and O–H groups in total. The molecule has 3 aromatic rings. The highest BCUT2D eigenvalue weighted by Gasteiger charge is 2.36. The standard InChI is InChI=1S/C27H25FN6O4S2/c28-18-3-5-19(6-4-18)32-27-33-20(16-40-27)15-39-26-23(14-30)24(17-1-7-21(8-2-17)37-11-9-35)22(13-29)25(34(26)31)38-12-10-36/h1-8,16,25,35-36H,9-12,15,31H2,(H,32,33). The fourth-order valence-corrected chi connectivity index (χ4v) is 5.65. The monoisotopic (exact) mass is 580 g/mol. The minimum atomic E-state index is -1.04. The van der Waals surface area contributed by atoms with Crippen LogP contribution in [0, 0.1) is 28.5 Å². The molecule has 0 spiro atoms. The number of rotatable bonds is 12. The SMILES string of the molecule is N#CC1=C(SCc2csc(Nc3ccc(F)cc3)n2)N(N)C(OCCO)C(C#N)=C1c1ccc(OCCO)cc1. The van der Waals surface area contributed by atoms with Crippen molar-refractivity contribution in [2.75, 3.05) is 31.7 Å². The number of benzene rings is 2. The van der Waals surface area contributed by atoms with Crippen molar-refractivity contribution in [1.82, 2.24) is 9.99 Å². The zero-order valence-corrected chi connectivity index (χ0v) is 22.7. The number of thioether (sulfide) groups is 1. The molecular formula is C27H25FN6O4S2. The second-order valence-corrected chi connectivity index (χ2v) is 10.0. The van der Waals surface area contributed by atoms with Crippen LogP contribution in [0.3, 0.4) is 0 Å². The van der Waals surface area contributed by atoms with Crippen LogP contribution in [0.5, 0.6) is 5.75 Å². The third-order valence-electron chi connectivity index (χ3n) is 5.57. The van der Waals surface area contributed by atoms with E-state index >= 15 is 0 Å². The minimum Gasteiger partial charge on any atom is -0.491 e. The quantitative estimate of drug-likeness (QED) is 0.230. The van der Waals surface area contributed by atoms with Gasteiger partial charge in [0.1, 0.15) is 35.3 Å². The van der Waals surface area contributed by atoms with Crippen molar-refractivity contribution in [1.29, 1.82) is 10.5 Å². The molecule has 0 bridgehead atoms. The van der Waals surface area contributed by atoms with E-state index in [-0.39, 0.29) is 43.4 Å². The Morgan fingerprint density at radius 3 is 2.45 bits per heavy atom. The lowest BCUT2D eigenvalue weighted by Crippen LogP contribution is -2.45. The van der Waals surface area contributed by atoms with Gasteiger partial charge in [-0.3, -0.25) is 5.01 Å². The first-order valence-electron chi connectivity index (χ1n) is 12.0. The van der Waals surface area contributed by atoms with Crippen LogP contribution < -0.4 is 15.9 Å². The molecule has 1 aliphatic rings. The number of hydrogen-bond acceptors (Lipinski definition) is 12. The fraction of sp³-hybridized carbons (Fsp3) is 0.222. The molecule has 1 aromatic heterocycles. The van der Waals surface area contributed by atoms with Crippen LogP contribution in [0.15, 0.2) is 70.1 Å². The summed E-state index contributed by atoms with van der Waals surface area (Å²) in [6.07, 6.45) is -1.04. The number of aliphatic hydroxyl groups is 2. The van der Waals surface area contributed by atoms with Crippen LogP contribution in [0.25, 0.3) is 5.57 Å². The lowest BCUT2D eigenvalue weighted by atomic mass is 9.91. The summed E-state index contributed by atoms with van der Waals surface area (Å²) in [5.41, 5.74) is 2.67. The van der Waals surface area contributed by atoms with E-state index in [1.165, 1.54) is 40.2 Å². The van der Waals surface area contributed by atoms with Crippen molar-refractivity contribution in [2.24, 2.45) is 5.84 Å². The van der Waals surface area contributed by atoms with Gasteiger partial charge in [-0.05, 0) is 42.0 Å². The van der Waals surface area contributed by atoms with Gasteiger partial charge in [-0.2, -0.15) is 10.5 Å². The largest absolute Gasteiger partial charge is 0.491 e. The van der Waals surface area contributed by atoms with Gasteiger partial charge < -0.3 is 25.0 Å². The summed E-state index contributed by atoms with van der Waals surface area (Å²) in [4.78, 5) is 4.57. The fourth-order valence-electron chi connectivity index (χ4n) is 3.84. The summed E-state index contributed by atoms with van der Waals surface area (Å²) in [5.74, 6) is 6.95. The highest BCUT2D eigenvalue weighted by molar-refractivity contribution is 8.02. The maximum Gasteiger partial charge on any atom is 0.187 e. The minimum absolute atomic E-state index is 0.0743. The molecule has 10 nitrogen and oxygen atoms in total. The Labute approximate surface area is 238 Å². The summed E-state index contributed by atoms with van der Waals surface area (Å²) in [7, 11) is 0. The van der Waals surface area contributed by atoms with Crippen molar-refractivity contribution in [3.8, 4) is 17.9 Å². The Balaban J connectivity index is 1.63. The number of nitriles is 2. The van der Waals surface area contributed by atoms with Gasteiger partial charge in [-0.25, -0.2) is 15.2 Å². The van der Waals surface area contributed by atoms with Crippen molar-refractivity contribution in [3.05, 3.63) is 87.2 Å². The van der Waals surface area contributed by atoms with E-state index in [0.29, 0.717) is 44.2 Å². The van der Waals surface area contributed by atoms with Crippen LogP contribution >= 0.6 is 23.1 Å². The van der Waals surface area contributed by atoms with E-state index < -0.39 is 6.23 Å². The van der Waals surface area contributed by atoms with E-state index in [1.54, 1.807) is 36.4 Å². The molecule has 13 heteroatoms. The van der Waals surface area contributed by atoms with Crippen LogP contribution in [-0.2, 0) is 10.5 Å². The van der Waals surface area contributed by atoms with Gasteiger partial charge in [0.05, 0.1) is 36.7 Å². The topological polar surface area (TPSA) is 161 Å². The zero-order chi connectivity index (χ0) is 28.5. The number of aromatic nitrogens is 1. The first-order chi connectivity index (χ1) is 19.5. The molecule has 1 atom stereocenters. The molecule has 2 heterocycles. The number of ether oxygens (including phenoxy) is 2. The molecule has 0 amide bonds. The lowest BCUT2D eigenvalue weighted by molar-refractivity contribution is -0.0268. The smallest absolute Gasteiger partial charge is 0.187 e. The van der Waals surface area contributed by atoms with E-state index in [0.717, 1.165) is 0 Å². The number of anilines is 2. The Morgan fingerprint density at radius 2 is 1.80 bits per heavy atom. The first kappa shape index (κ1) is 29.0. The highest BCUT2D eigenvalue weighted by Crippen LogP contribution is 2.42. The molecule has 40 heavy (non-hydrogen) atoms. The van der Waals surface area contributed by atoms with Crippen molar-refractivity contribution in [2.45, 2.75) is 12.0 Å². The molecule has 0 saturated carbocycles. The van der Waals surface area contributed by atoms with Crippen LogP contribution in [0.1, 0.15) is 11.3 Å². The molecule has 0 aliphatic carbocycles. The predicted molar refractivity (Wildman–Crippen MR) is 150 cm³/mol. The van der Waals surface area contributed by atoms with Crippen LogP contribution in [0.2, 0.25) is 0 Å². The highest BCUT2D eigenvalue weighted by atomic mass is 32.2. The van der Waals surface area contributed by atoms with Gasteiger partial charge in [0.25, 0.3) is 0 Å². The maximum atomic E-state index is 13.2. The number of thiazole rings is 1. The number of nitrogens with zero attached hydrogens (tertiary/aromatic N) is 4. The second-order valence-electron chi connectivity index (χ2n) is 8.21. The summed E-state index contributed by atoms with van der Waals surface area (Å²) in [6.45, 7) is -0.358. The molecule has 4 rings (SSSR count). The van der Waals surface area contributed by atoms with Crippen molar-refractivity contribution in [3.63, 3.8) is 0 Å². The molecular weight excluding hydrogens is 555 g/mol.